The van der Waals surface area contributed by atoms with Gasteiger partial charge in [-0.15, -0.1) is 0 Å². The molecule has 1 atom stereocenters. The van der Waals surface area contributed by atoms with Gasteiger partial charge in [0.05, 0.1) is 0 Å². The van der Waals surface area contributed by atoms with Gasteiger partial charge < -0.3 is 10.6 Å². The summed E-state index contributed by atoms with van der Waals surface area (Å²) >= 11 is 0. The van der Waals surface area contributed by atoms with E-state index < -0.39 is 6.04 Å². The largest absolute Gasteiger partial charge is 0.336 e. The number of hydrogen-bond acceptors (Lipinski definition) is 3. The fourth-order valence-corrected chi connectivity index (χ4v) is 2.35. The van der Waals surface area contributed by atoms with E-state index in [0.29, 0.717) is 18.8 Å². The molecular formula is C15H17N5O2. The fourth-order valence-electron chi connectivity index (χ4n) is 2.35. The minimum atomic E-state index is -0.409. The molecule has 22 heavy (non-hydrogen) atoms. The lowest BCUT2D eigenvalue weighted by Gasteiger charge is -2.17. The Labute approximate surface area is 127 Å². The second-order valence-corrected chi connectivity index (χ2v) is 5.09. The maximum absolute atomic E-state index is 12.2. The number of carbonyl (C=O) groups excluding carboxylic acids is 2. The Morgan fingerprint density at radius 2 is 2.27 bits per heavy atom. The molecule has 2 aromatic rings. The summed E-state index contributed by atoms with van der Waals surface area (Å²) in [6, 6.07) is 8.49. The van der Waals surface area contributed by atoms with Crippen molar-refractivity contribution in [3.05, 3.63) is 42.7 Å². The van der Waals surface area contributed by atoms with E-state index in [4.69, 9.17) is 0 Å². The van der Waals surface area contributed by atoms with Crippen LogP contribution in [0.4, 0.5) is 16.2 Å². The number of nitrogens with zero attached hydrogens (tertiary/aromatic N) is 3. The van der Waals surface area contributed by atoms with Crippen molar-refractivity contribution in [1.82, 2.24) is 15.1 Å². The molecule has 0 radical (unpaired) electrons. The molecule has 7 nitrogen and oxygen atoms in total. The van der Waals surface area contributed by atoms with Crippen LogP contribution in [0.25, 0.3) is 0 Å². The number of benzene rings is 1. The molecule has 1 fully saturated rings. The summed E-state index contributed by atoms with van der Waals surface area (Å²) in [4.78, 5) is 25.6. The minimum absolute atomic E-state index is 0.117. The Morgan fingerprint density at radius 3 is 2.95 bits per heavy atom. The zero-order valence-corrected chi connectivity index (χ0v) is 12.2. The summed E-state index contributed by atoms with van der Waals surface area (Å²) in [7, 11) is 0. The SMILES string of the molecule is C[C@H](C(=O)Nc1cccc(N2CCNC2=O)c1)n1cccn1. The van der Waals surface area contributed by atoms with Crippen molar-refractivity contribution in [3.63, 3.8) is 0 Å². The van der Waals surface area contributed by atoms with E-state index in [1.165, 1.54) is 0 Å². The maximum atomic E-state index is 12.2. The Kier molecular flexibility index (Phi) is 3.78. The van der Waals surface area contributed by atoms with Gasteiger partial charge in [0.25, 0.3) is 0 Å². The van der Waals surface area contributed by atoms with Gasteiger partial charge >= 0.3 is 6.03 Å². The monoisotopic (exact) mass is 299 g/mol. The summed E-state index contributed by atoms with van der Waals surface area (Å²) in [5.74, 6) is -0.160. The van der Waals surface area contributed by atoms with Gasteiger partial charge in [-0.3, -0.25) is 14.4 Å². The molecule has 1 aliphatic heterocycles. The number of hydrogen-bond donors (Lipinski definition) is 2. The molecule has 0 saturated carbocycles. The molecule has 1 aromatic carbocycles. The third-order valence-electron chi connectivity index (χ3n) is 3.58. The third-order valence-corrected chi connectivity index (χ3v) is 3.58. The van der Waals surface area contributed by atoms with Crippen LogP contribution in [0.1, 0.15) is 13.0 Å². The molecule has 0 aliphatic carbocycles. The predicted octanol–water partition coefficient (Wildman–Crippen LogP) is 1.61. The number of aromatic nitrogens is 2. The average molecular weight is 299 g/mol. The standard InChI is InChI=1S/C15H17N5O2/c1-11(20-8-3-6-17-20)14(21)18-12-4-2-5-13(10-12)19-9-7-16-15(19)22/h2-6,8,10-11H,7,9H2,1H3,(H,16,22)(H,18,21)/t11-/m1/s1. The van der Waals surface area contributed by atoms with Crippen LogP contribution >= 0.6 is 0 Å². The maximum Gasteiger partial charge on any atom is 0.321 e. The highest BCUT2D eigenvalue weighted by Gasteiger charge is 2.21. The molecule has 0 unspecified atom stereocenters. The Morgan fingerprint density at radius 1 is 1.41 bits per heavy atom. The second kappa shape index (κ2) is 5.88. The molecule has 2 heterocycles. The van der Waals surface area contributed by atoms with Crippen molar-refractivity contribution in [2.75, 3.05) is 23.3 Å². The van der Waals surface area contributed by atoms with Gasteiger partial charge in [0.15, 0.2) is 0 Å². The van der Waals surface area contributed by atoms with E-state index in [1.807, 2.05) is 12.1 Å². The summed E-state index contributed by atoms with van der Waals surface area (Å²) in [6.45, 7) is 3.03. The molecule has 0 spiro atoms. The van der Waals surface area contributed by atoms with E-state index in [-0.39, 0.29) is 11.9 Å². The van der Waals surface area contributed by atoms with Gasteiger partial charge in [0.2, 0.25) is 5.91 Å². The Hall–Kier alpha value is -2.83. The normalized spacial score (nSPS) is 15.5. The first-order valence-electron chi connectivity index (χ1n) is 7.10. The fraction of sp³-hybridized carbons (Fsp3) is 0.267. The highest BCUT2D eigenvalue weighted by Crippen LogP contribution is 2.21. The smallest absolute Gasteiger partial charge is 0.321 e. The van der Waals surface area contributed by atoms with Crippen LogP contribution in [-0.4, -0.2) is 34.8 Å². The number of nitrogens with one attached hydrogen (secondary N) is 2. The molecule has 2 N–H and O–H groups in total. The quantitative estimate of drug-likeness (QED) is 0.900. The van der Waals surface area contributed by atoms with Crippen molar-refractivity contribution in [2.45, 2.75) is 13.0 Å². The molecule has 7 heteroatoms. The van der Waals surface area contributed by atoms with Gasteiger partial charge in [0, 0.05) is 36.9 Å². The number of amides is 3. The zero-order chi connectivity index (χ0) is 15.5. The van der Waals surface area contributed by atoms with E-state index in [2.05, 4.69) is 15.7 Å². The van der Waals surface area contributed by atoms with Gasteiger partial charge in [-0.2, -0.15) is 5.10 Å². The molecule has 1 saturated heterocycles. The number of urea groups is 1. The number of anilines is 2. The van der Waals surface area contributed by atoms with Gasteiger partial charge in [-0.25, -0.2) is 4.79 Å². The van der Waals surface area contributed by atoms with Crippen molar-refractivity contribution >= 4 is 23.3 Å². The topological polar surface area (TPSA) is 79.3 Å². The van der Waals surface area contributed by atoms with E-state index in [0.717, 1.165) is 5.69 Å². The van der Waals surface area contributed by atoms with E-state index >= 15 is 0 Å². The highest BCUT2D eigenvalue weighted by molar-refractivity contribution is 5.97. The first-order valence-corrected chi connectivity index (χ1v) is 7.10. The van der Waals surface area contributed by atoms with Crippen LogP contribution in [0.15, 0.2) is 42.7 Å². The average Bonchev–Trinajstić information content (AvgIpc) is 3.18. The Bertz CT molecular complexity index is 683. The summed E-state index contributed by atoms with van der Waals surface area (Å²) < 4.78 is 1.59. The summed E-state index contributed by atoms with van der Waals surface area (Å²) in [6.07, 6.45) is 3.38. The number of carbonyl (C=O) groups is 2. The summed E-state index contributed by atoms with van der Waals surface area (Å²) in [5, 5.41) is 9.67. The van der Waals surface area contributed by atoms with Crippen LogP contribution in [0.3, 0.4) is 0 Å². The predicted molar refractivity (Wildman–Crippen MR) is 82.8 cm³/mol. The van der Waals surface area contributed by atoms with Crippen molar-refractivity contribution in [2.24, 2.45) is 0 Å². The van der Waals surface area contributed by atoms with Crippen LogP contribution in [0.2, 0.25) is 0 Å². The van der Waals surface area contributed by atoms with Crippen LogP contribution in [0.5, 0.6) is 0 Å². The van der Waals surface area contributed by atoms with Crippen LogP contribution in [-0.2, 0) is 4.79 Å². The lowest BCUT2D eigenvalue weighted by Crippen LogP contribution is -2.28. The van der Waals surface area contributed by atoms with Crippen LogP contribution < -0.4 is 15.5 Å². The molecular weight excluding hydrogens is 282 g/mol. The first kappa shape index (κ1) is 14.1. The summed E-state index contributed by atoms with van der Waals surface area (Å²) in [5.41, 5.74) is 1.42. The highest BCUT2D eigenvalue weighted by atomic mass is 16.2. The molecule has 1 aliphatic rings. The van der Waals surface area contributed by atoms with Gasteiger partial charge in [-0.1, -0.05) is 6.07 Å². The lowest BCUT2D eigenvalue weighted by atomic mass is 10.2. The number of rotatable bonds is 4. The first-order chi connectivity index (χ1) is 10.6. The molecule has 0 bridgehead atoms. The third kappa shape index (κ3) is 2.78. The molecule has 1 aromatic heterocycles. The van der Waals surface area contributed by atoms with Gasteiger partial charge in [-0.05, 0) is 31.2 Å². The van der Waals surface area contributed by atoms with Gasteiger partial charge in [0.1, 0.15) is 6.04 Å². The zero-order valence-electron chi connectivity index (χ0n) is 12.2. The second-order valence-electron chi connectivity index (χ2n) is 5.09. The van der Waals surface area contributed by atoms with E-state index in [1.54, 1.807) is 47.1 Å². The minimum Gasteiger partial charge on any atom is -0.336 e. The van der Waals surface area contributed by atoms with Crippen molar-refractivity contribution in [3.8, 4) is 0 Å². The lowest BCUT2D eigenvalue weighted by molar-refractivity contribution is -0.119. The molecule has 3 amide bonds. The van der Waals surface area contributed by atoms with Crippen molar-refractivity contribution < 1.29 is 9.59 Å². The van der Waals surface area contributed by atoms with E-state index in [9.17, 15) is 9.59 Å². The van der Waals surface area contributed by atoms with Crippen molar-refractivity contribution in [1.29, 1.82) is 0 Å². The Balaban J connectivity index is 1.73. The molecule has 3 rings (SSSR count). The van der Waals surface area contributed by atoms with Crippen LogP contribution in [0, 0.1) is 0 Å². The molecule has 114 valence electrons.